The summed E-state index contributed by atoms with van der Waals surface area (Å²) in [7, 11) is 0. The molecular formula is C25H31N5O3. The molecule has 1 fully saturated rings. The van der Waals surface area contributed by atoms with Gasteiger partial charge in [-0.15, -0.1) is 0 Å². The Hall–Kier alpha value is -3.26. The minimum Gasteiger partial charge on any atom is -0.346 e. The lowest BCUT2D eigenvalue weighted by molar-refractivity contribution is -0.136. The van der Waals surface area contributed by atoms with Gasteiger partial charge in [0.25, 0.3) is 0 Å². The van der Waals surface area contributed by atoms with Gasteiger partial charge in [-0.3, -0.25) is 19.3 Å². The lowest BCUT2D eigenvalue weighted by Crippen LogP contribution is -2.50. The van der Waals surface area contributed by atoms with E-state index in [9.17, 15) is 14.4 Å². The molecule has 2 aliphatic rings. The summed E-state index contributed by atoms with van der Waals surface area (Å²) in [6, 6.07) is 11.8. The first kappa shape index (κ1) is 22.9. The van der Waals surface area contributed by atoms with E-state index in [0.717, 1.165) is 32.4 Å². The maximum atomic E-state index is 12.4. The Bertz CT molecular complexity index is 1020. The third kappa shape index (κ3) is 5.96. The summed E-state index contributed by atoms with van der Waals surface area (Å²) < 4.78 is 0. The Morgan fingerprint density at radius 3 is 2.45 bits per heavy atom. The smallest absolute Gasteiger partial charge is 0.313 e. The van der Waals surface area contributed by atoms with Crippen LogP contribution in [-0.4, -0.2) is 46.7 Å². The molecule has 2 aromatic rings. The lowest BCUT2D eigenvalue weighted by atomic mass is 9.95. The molecule has 1 saturated carbocycles. The number of nitrogens with zero attached hydrogens (tertiary/aromatic N) is 2. The maximum Gasteiger partial charge on any atom is 0.313 e. The zero-order valence-corrected chi connectivity index (χ0v) is 19.1. The molecule has 33 heavy (non-hydrogen) atoms. The van der Waals surface area contributed by atoms with E-state index in [2.05, 4.69) is 63.9 Å². The van der Waals surface area contributed by atoms with Crippen molar-refractivity contribution < 1.29 is 14.4 Å². The van der Waals surface area contributed by atoms with Crippen LogP contribution in [0.25, 0.3) is 0 Å². The van der Waals surface area contributed by atoms with Crippen LogP contribution in [0.4, 0.5) is 11.5 Å². The lowest BCUT2D eigenvalue weighted by Gasteiger charge is -2.37. The number of nitrogens with one attached hydrogen (secondary N) is 3. The van der Waals surface area contributed by atoms with Gasteiger partial charge < -0.3 is 16.0 Å². The summed E-state index contributed by atoms with van der Waals surface area (Å²) in [5, 5.41) is 8.10. The normalized spacial score (nSPS) is 16.6. The van der Waals surface area contributed by atoms with Crippen molar-refractivity contribution in [3.05, 3.63) is 53.7 Å². The number of amides is 3. The van der Waals surface area contributed by atoms with Crippen LogP contribution < -0.4 is 16.0 Å². The van der Waals surface area contributed by atoms with Gasteiger partial charge in [0.2, 0.25) is 5.91 Å². The molecule has 3 amide bonds. The molecule has 1 aromatic carbocycles. The van der Waals surface area contributed by atoms with Crippen LogP contribution in [0.2, 0.25) is 0 Å². The van der Waals surface area contributed by atoms with Crippen molar-refractivity contribution in [1.29, 1.82) is 0 Å². The molecule has 4 rings (SSSR count). The first-order valence-electron chi connectivity index (χ1n) is 11.6. The van der Waals surface area contributed by atoms with E-state index in [1.165, 1.54) is 17.3 Å². The Balaban J connectivity index is 1.28. The number of rotatable bonds is 7. The van der Waals surface area contributed by atoms with Gasteiger partial charge in [0.05, 0.1) is 11.9 Å². The molecule has 8 heteroatoms. The van der Waals surface area contributed by atoms with E-state index in [1.54, 1.807) is 12.1 Å². The number of anilines is 2. The third-order valence-electron chi connectivity index (χ3n) is 6.30. The van der Waals surface area contributed by atoms with Crippen LogP contribution in [0.1, 0.15) is 37.8 Å². The summed E-state index contributed by atoms with van der Waals surface area (Å²) in [5.41, 5.74) is 3.10. The van der Waals surface area contributed by atoms with E-state index < -0.39 is 11.8 Å². The number of carbonyl (C=O) groups is 3. The van der Waals surface area contributed by atoms with Crippen molar-refractivity contribution in [2.45, 2.75) is 45.7 Å². The molecule has 8 nitrogen and oxygen atoms in total. The van der Waals surface area contributed by atoms with E-state index in [-0.39, 0.29) is 17.9 Å². The maximum absolute atomic E-state index is 12.4. The van der Waals surface area contributed by atoms with Crippen LogP contribution in [0.5, 0.6) is 0 Å². The largest absolute Gasteiger partial charge is 0.346 e. The van der Waals surface area contributed by atoms with E-state index in [0.29, 0.717) is 24.0 Å². The van der Waals surface area contributed by atoms with Gasteiger partial charge in [-0.1, -0.05) is 38.1 Å². The highest BCUT2D eigenvalue weighted by Crippen LogP contribution is 2.30. The second kappa shape index (κ2) is 10.1. The number of fused-ring (bicyclic) bond motifs is 1. The van der Waals surface area contributed by atoms with Gasteiger partial charge in [-0.2, -0.15) is 0 Å². The van der Waals surface area contributed by atoms with Gasteiger partial charge in [-0.05, 0) is 48.4 Å². The van der Waals surface area contributed by atoms with Crippen LogP contribution >= 0.6 is 0 Å². The highest BCUT2D eigenvalue weighted by molar-refractivity contribution is 6.39. The van der Waals surface area contributed by atoms with Gasteiger partial charge in [0, 0.05) is 31.6 Å². The van der Waals surface area contributed by atoms with E-state index in [1.807, 2.05) is 0 Å². The quantitative estimate of drug-likeness (QED) is 0.564. The first-order chi connectivity index (χ1) is 15.9. The predicted octanol–water partition coefficient (Wildman–Crippen LogP) is 2.57. The average molecular weight is 450 g/mol. The minimum atomic E-state index is -0.738. The molecule has 174 valence electrons. The van der Waals surface area contributed by atoms with Crippen molar-refractivity contribution >= 4 is 29.2 Å². The predicted molar refractivity (Wildman–Crippen MR) is 126 cm³/mol. The SMILES string of the molecule is CC(C)C(CNC(=O)C(=O)Nc1ccc(NC(=O)C2CC2)nc1)N1CCc2ccccc2C1. The van der Waals surface area contributed by atoms with E-state index in [4.69, 9.17) is 0 Å². The monoisotopic (exact) mass is 449 g/mol. The second-order valence-corrected chi connectivity index (χ2v) is 9.16. The summed E-state index contributed by atoms with van der Waals surface area (Å²) in [6.45, 7) is 6.43. The number of pyridine rings is 1. The van der Waals surface area contributed by atoms with Crippen LogP contribution in [0.3, 0.4) is 0 Å². The van der Waals surface area contributed by atoms with Crippen molar-refractivity contribution in [1.82, 2.24) is 15.2 Å². The Morgan fingerprint density at radius 2 is 1.79 bits per heavy atom. The zero-order valence-electron chi connectivity index (χ0n) is 19.1. The molecule has 3 N–H and O–H groups in total. The molecule has 1 aliphatic heterocycles. The fourth-order valence-electron chi connectivity index (χ4n) is 4.17. The first-order valence-corrected chi connectivity index (χ1v) is 11.6. The highest BCUT2D eigenvalue weighted by Gasteiger charge is 2.30. The molecule has 0 radical (unpaired) electrons. The fourth-order valence-corrected chi connectivity index (χ4v) is 4.17. The van der Waals surface area contributed by atoms with E-state index >= 15 is 0 Å². The Labute approximate surface area is 194 Å². The average Bonchev–Trinajstić information content (AvgIpc) is 3.65. The zero-order chi connectivity index (χ0) is 23.4. The molecule has 0 spiro atoms. The number of aromatic nitrogens is 1. The standard InChI is InChI=1S/C25H31N5O3/c1-16(2)21(30-12-11-17-5-3-4-6-19(17)15-30)14-27-24(32)25(33)28-20-9-10-22(26-13-20)29-23(31)18-7-8-18/h3-6,9-10,13,16,18,21H,7-8,11-12,14-15H2,1-2H3,(H,27,32)(H,28,33)(H,26,29,31). The highest BCUT2D eigenvalue weighted by atomic mass is 16.2. The van der Waals surface area contributed by atoms with Crippen molar-refractivity contribution in [3.63, 3.8) is 0 Å². The molecule has 1 aliphatic carbocycles. The minimum absolute atomic E-state index is 0.0319. The summed E-state index contributed by atoms with van der Waals surface area (Å²) in [6.07, 6.45) is 4.24. The Kier molecular flexibility index (Phi) is 7.03. The molecular weight excluding hydrogens is 418 g/mol. The summed E-state index contributed by atoms with van der Waals surface area (Å²) in [4.78, 5) is 43.1. The molecule has 1 unspecified atom stereocenters. The topological polar surface area (TPSA) is 103 Å². The van der Waals surface area contributed by atoms with Crippen molar-refractivity contribution in [3.8, 4) is 0 Å². The summed E-state index contributed by atoms with van der Waals surface area (Å²) >= 11 is 0. The van der Waals surface area contributed by atoms with Gasteiger partial charge >= 0.3 is 11.8 Å². The number of benzene rings is 1. The second-order valence-electron chi connectivity index (χ2n) is 9.16. The molecule has 1 atom stereocenters. The molecule has 1 aromatic heterocycles. The van der Waals surface area contributed by atoms with Crippen molar-refractivity contribution in [2.75, 3.05) is 23.7 Å². The fraction of sp³-hybridized carbons (Fsp3) is 0.440. The van der Waals surface area contributed by atoms with Gasteiger partial charge in [0.1, 0.15) is 5.82 Å². The molecule has 0 saturated heterocycles. The number of hydrogen-bond donors (Lipinski definition) is 3. The van der Waals surface area contributed by atoms with Crippen LogP contribution in [0.15, 0.2) is 42.6 Å². The number of hydrogen-bond acceptors (Lipinski definition) is 5. The van der Waals surface area contributed by atoms with Crippen molar-refractivity contribution in [2.24, 2.45) is 11.8 Å². The van der Waals surface area contributed by atoms with Gasteiger partial charge in [0.15, 0.2) is 0 Å². The molecule has 0 bridgehead atoms. The van der Waals surface area contributed by atoms with Gasteiger partial charge in [-0.25, -0.2) is 4.98 Å². The van der Waals surface area contributed by atoms with Crippen LogP contribution in [0, 0.1) is 11.8 Å². The summed E-state index contributed by atoms with van der Waals surface area (Å²) in [5.74, 6) is -0.611. The number of carbonyl (C=O) groups excluding carboxylic acids is 3. The Morgan fingerprint density at radius 1 is 1.03 bits per heavy atom. The third-order valence-corrected chi connectivity index (χ3v) is 6.30. The van der Waals surface area contributed by atoms with Crippen LogP contribution in [-0.2, 0) is 27.3 Å². The molecule has 2 heterocycles.